The number of hydrogen-bond acceptors (Lipinski definition) is 6. The van der Waals surface area contributed by atoms with Crippen molar-refractivity contribution < 1.29 is 9.47 Å². The van der Waals surface area contributed by atoms with Crippen LogP contribution in [0.1, 0.15) is 19.3 Å². The smallest absolute Gasteiger partial charge is 0.273 e. The van der Waals surface area contributed by atoms with Crippen LogP contribution in [0.4, 0.5) is 5.82 Å². The number of pyridine rings is 1. The fourth-order valence-electron chi connectivity index (χ4n) is 4.40. The first kappa shape index (κ1) is 18.9. The van der Waals surface area contributed by atoms with Gasteiger partial charge in [-0.05, 0) is 49.6 Å². The van der Waals surface area contributed by atoms with E-state index in [1.54, 1.807) is 6.20 Å². The first-order chi connectivity index (χ1) is 15.8. The second kappa shape index (κ2) is 7.71. The highest BCUT2D eigenvalue weighted by Crippen LogP contribution is 2.34. The van der Waals surface area contributed by atoms with Crippen LogP contribution >= 0.6 is 0 Å². The molecule has 0 unspecified atom stereocenters. The monoisotopic (exact) mass is 429 g/mol. The van der Waals surface area contributed by atoms with Crippen molar-refractivity contribution in [3.05, 3.63) is 59.1 Å². The van der Waals surface area contributed by atoms with Gasteiger partial charge in [-0.2, -0.15) is 0 Å². The Kier molecular flexibility index (Phi) is 4.56. The summed E-state index contributed by atoms with van der Waals surface area (Å²) in [7, 11) is 0. The molecular weight excluding hydrogens is 406 g/mol. The number of ether oxygens (including phenoxy) is 2. The molecule has 0 bridgehead atoms. The maximum absolute atomic E-state index is 12.8. The van der Waals surface area contributed by atoms with Crippen molar-refractivity contribution in [2.24, 2.45) is 0 Å². The lowest BCUT2D eigenvalue weighted by Gasteiger charge is -2.27. The van der Waals surface area contributed by atoms with Gasteiger partial charge in [0.15, 0.2) is 17.1 Å². The van der Waals surface area contributed by atoms with Crippen LogP contribution in [0.2, 0.25) is 0 Å². The highest BCUT2D eigenvalue weighted by Gasteiger charge is 2.17. The molecule has 162 valence electrons. The molecular formula is C24H23N5O3. The Labute approximate surface area is 184 Å². The van der Waals surface area contributed by atoms with E-state index in [1.807, 2.05) is 36.5 Å². The summed E-state index contributed by atoms with van der Waals surface area (Å²) >= 11 is 0. The molecule has 32 heavy (non-hydrogen) atoms. The minimum Gasteiger partial charge on any atom is -0.486 e. The van der Waals surface area contributed by atoms with Crippen LogP contribution in [-0.4, -0.2) is 45.9 Å². The molecule has 4 aromatic rings. The van der Waals surface area contributed by atoms with Crippen molar-refractivity contribution in [3.8, 4) is 33.9 Å². The summed E-state index contributed by atoms with van der Waals surface area (Å²) in [4.78, 5) is 24.6. The number of aromatic amines is 1. The zero-order chi connectivity index (χ0) is 21.5. The minimum atomic E-state index is -0.177. The SMILES string of the molecule is O=c1cc(-c2ccc3c(c2)OCCO3)nc2c(-c3ccc(N4CCCCC4)nc3)c[nH]n12. The molecule has 8 heteroatoms. The third kappa shape index (κ3) is 3.28. The predicted molar refractivity (Wildman–Crippen MR) is 122 cm³/mol. The van der Waals surface area contributed by atoms with Crippen LogP contribution in [0.25, 0.3) is 28.0 Å². The maximum Gasteiger partial charge on any atom is 0.273 e. The topological polar surface area (TPSA) is 84.8 Å². The predicted octanol–water partition coefficient (Wildman–Crippen LogP) is 3.51. The first-order valence-electron chi connectivity index (χ1n) is 11.0. The van der Waals surface area contributed by atoms with E-state index in [9.17, 15) is 4.79 Å². The van der Waals surface area contributed by atoms with E-state index in [4.69, 9.17) is 14.5 Å². The average Bonchev–Trinajstić information content (AvgIpc) is 3.29. The molecule has 0 spiro atoms. The summed E-state index contributed by atoms with van der Waals surface area (Å²) in [5.74, 6) is 2.37. The number of aromatic nitrogens is 4. The van der Waals surface area contributed by atoms with Crippen LogP contribution in [0.5, 0.6) is 11.5 Å². The van der Waals surface area contributed by atoms with Gasteiger partial charge in [-0.1, -0.05) is 0 Å². The number of fused-ring (bicyclic) bond motifs is 2. The van der Waals surface area contributed by atoms with Crippen LogP contribution in [0, 0.1) is 0 Å². The number of anilines is 1. The molecule has 3 aromatic heterocycles. The van der Waals surface area contributed by atoms with E-state index in [0.29, 0.717) is 36.1 Å². The molecule has 1 N–H and O–H groups in total. The fraction of sp³-hybridized carbons (Fsp3) is 0.292. The Morgan fingerprint density at radius 2 is 1.72 bits per heavy atom. The number of nitrogens with zero attached hydrogens (tertiary/aromatic N) is 4. The first-order valence-corrected chi connectivity index (χ1v) is 11.0. The summed E-state index contributed by atoms with van der Waals surface area (Å²) < 4.78 is 12.7. The van der Waals surface area contributed by atoms with Crippen LogP contribution in [0.15, 0.2) is 53.6 Å². The molecule has 2 aliphatic heterocycles. The number of benzene rings is 1. The molecule has 6 rings (SSSR count). The summed E-state index contributed by atoms with van der Waals surface area (Å²) in [6.07, 6.45) is 7.36. The lowest BCUT2D eigenvalue weighted by molar-refractivity contribution is 0.171. The average molecular weight is 429 g/mol. The van der Waals surface area contributed by atoms with Crippen molar-refractivity contribution in [3.63, 3.8) is 0 Å². The Balaban J connectivity index is 1.39. The van der Waals surface area contributed by atoms with E-state index in [0.717, 1.165) is 35.6 Å². The van der Waals surface area contributed by atoms with Gasteiger partial charge in [0.25, 0.3) is 5.56 Å². The van der Waals surface area contributed by atoms with Gasteiger partial charge in [0.05, 0.1) is 5.69 Å². The largest absolute Gasteiger partial charge is 0.486 e. The molecule has 1 fully saturated rings. The normalized spacial score (nSPS) is 15.8. The Morgan fingerprint density at radius 1 is 0.906 bits per heavy atom. The highest BCUT2D eigenvalue weighted by atomic mass is 16.6. The molecule has 1 saturated heterocycles. The Bertz CT molecular complexity index is 1340. The summed E-state index contributed by atoms with van der Waals surface area (Å²) in [6.45, 7) is 3.15. The van der Waals surface area contributed by atoms with Gasteiger partial charge >= 0.3 is 0 Å². The minimum absolute atomic E-state index is 0.177. The third-order valence-electron chi connectivity index (χ3n) is 6.07. The molecule has 0 aliphatic carbocycles. The Hall–Kier alpha value is -3.81. The lowest BCUT2D eigenvalue weighted by Crippen LogP contribution is -2.29. The van der Waals surface area contributed by atoms with Crippen molar-refractivity contribution >= 4 is 11.5 Å². The van der Waals surface area contributed by atoms with Crippen molar-refractivity contribution in [2.45, 2.75) is 19.3 Å². The molecule has 8 nitrogen and oxygen atoms in total. The van der Waals surface area contributed by atoms with Gasteiger partial charge in [-0.3, -0.25) is 9.89 Å². The number of hydrogen-bond donors (Lipinski definition) is 1. The van der Waals surface area contributed by atoms with Gasteiger partial charge in [0, 0.05) is 48.2 Å². The van der Waals surface area contributed by atoms with Gasteiger partial charge in [-0.15, -0.1) is 0 Å². The molecule has 0 amide bonds. The van der Waals surface area contributed by atoms with Crippen LogP contribution < -0.4 is 19.9 Å². The van der Waals surface area contributed by atoms with Crippen molar-refractivity contribution in [1.29, 1.82) is 0 Å². The van der Waals surface area contributed by atoms with Gasteiger partial charge in [0.1, 0.15) is 19.0 Å². The zero-order valence-corrected chi connectivity index (χ0v) is 17.6. The summed E-state index contributed by atoms with van der Waals surface area (Å²) in [5.41, 5.74) is 3.53. The van der Waals surface area contributed by atoms with Gasteiger partial charge < -0.3 is 14.4 Å². The van der Waals surface area contributed by atoms with E-state index in [-0.39, 0.29) is 5.56 Å². The highest BCUT2D eigenvalue weighted by molar-refractivity contribution is 5.78. The number of rotatable bonds is 3. The summed E-state index contributed by atoms with van der Waals surface area (Å²) in [6, 6.07) is 11.2. The van der Waals surface area contributed by atoms with E-state index < -0.39 is 0 Å². The molecule has 0 atom stereocenters. The Morgan fingerprint density at radius 3 is 2.53 bits per heavy atom. The maximum atomic E-state index is 12.8. The van der Waals surface area contributed by atoms with Crippen LogP contribution in [-0.2, 0) is 0 Å². The quantitative estimate of drug-likeness (QED) is 0.537. The number of nitrogens with one attached hydrogen (secondary N) is 1. The van der Waals surface area contributed by atoms with E-state index >= 15 is 0 Å². The number of H-pyrrole nitrogens is 1. The van der Waals surface area contributed by atoms with Crippen molar-refractivity contribution in [1.82, 2.24) is 19.6 Å². The number of piperidine rings is 1. The molecule has 1 aromatic carbocycles. The van der Waals surface area contributed by atoms with Crippen molar-refractivity contribution in [2.75, 3.05) is 31.2 Å². The third-order valence-corrected chi connectivity index (χ3v) is 6.07. The lowest BCUT2D eigenvalue weighted by atomic mass is 10.1. The molecule has 0 radical (unpaired) electrons. The second-order valence-corrected chi connectivity index (χ2v) is 8.14. The molecule has 0 saturated carbocycles. The van der Waals surface area contributed by atoms with E-state index in [2.05, 4.69) is 15.0 Å². The standard InChI is InChI=1S/C24H23N5O3/c30-23-13-19(16-4-6-20-21(12-16)32-11-10-31-20)27-24-18(15-26-29(23)24)17-5-7-22(25-14-17)28-8-2-1-3-9-28/h4-7,12-15,26H,1-3,8-11H2. The second-order valence-electron chi connectivity index (χ2n) is 8.14. The zero-order valence-electron chi connectivity index (χ0n) is 17.6. The summed E-state index contributed by atoms with van der Waals surface area (Å²) in [5, 5.41) is 3.02. The van der Waals surface area contributed by atoms with E-state index in [1.165, 1.54) is 29.8 Å². The van der Waals surface area contributed by atoms with Gasteiger partial charge in [-0.25, -0.2) is 14.5 Å². The van der Waals surface area contributed by atoms with Gasteiger partial charge in [0.2, 0.25) is 0 Å². The van der Waals surface area contributed by atoms with Crippen LogP contribution in [0.3, 0.4) is 0 Å². The molecule has 2 aliphatic rings. The molecule has 5 heterocycles. The fourth-order valence-corrected chi connectivity index (χ4v) is 4.40.